The van der Waals surface area contributed by atoms with Crippen LogP contribution in [-0.2, 0) is 10.5 Å². The number of nitrogens with zero attached hydrogens (tertiary/aromatic N) is 1. The largest absolute Gasteiger partial charge is 0.477 e. The molecular formula is C22H28N2O3S. The van der Waals surface area contributed by atoms with E-state index in [4.69, 9.17) is 9.47 Å². The number of carbonyl (C=O) groups excluding carboxylic acids is 1. The lowest BCUT2D eigenvalue weighted by Crippen LogP contribution is -2.17. The van der Waals surface area contributed by atoms with Gasteiger partial charge < -0.3 is 14.8 Å². The maximum absolute atomic E-state index is 12.7. The van der Waals surface area contributed by atoms with Crippen LogP contribution in [0.4, 0.5) is 5.69 Å². The number of aromatic nitrogens is 1. The first-order chi connectivity index (χ1) is 13.6. The molecule has 2 heterocycles. The van der Waals surface area contributed by atoms with E-state index in [1.54, 1.807) is 18.3 Å². The highest BCUT2D eigenvalue weighted by atomic mass is 32.2. The summed E-state index contributed by atoms with van der Waals surface area (Å²) < 4.78 is 11.1. The van der Waals surface area contributed by atoms with Crippen LogP contribution in [0.5, 0.6) is 5.88 Å². The number of hydrogen-bond acceptors (Lipinski definition) is 5. The van der Waals surface area contributed by atoms with E-state index in [0.29, 0.717) is 29.2 Å². The van der Waals surface area contributed by atoms with E-state index < -0.39 is 0 Å². The Morgan fingerprint density at radius 2 is 2.11 bits per heavy atom. The second-order valence-corrected chi connectivity index (χ2v) is 8.63. The van der Waals surface area contributed by atoms with Crippen molar-refractivity contribution in [3.8, 4) is 5.88 Å². The van der Waals surface area contributed by atoms with Crippen LogP contribution >= 0.6 is 11.8 Å². The van der Waals surface area contributed by atoms with Gasteiger partial charge in [0.2, 0.25) is 5.88 Å². The van der Waals surface area contributed by atoms with Gasteiger partial charge in [-0.3, -0.25) is 4.79 Å². The second kappa shape index (κ2) is 10.5. The fourth-order valence-corrected chi connectivity index (χ4v) is 4.05. The molecule has 2 aromatic rings. The topological polar surface area (TPSA) is 60.5 Å². The standard InChI is InChI=1S/C22H28N2O3S/c1-16(2)14-27-22-20(7-4-10-23-22)21(25)24-18-6-3-5-17(13-18)15-28-19-8-11-26-12-9-19/h3-7,10,13,16,19H,8-9,11-12,14-15H2,1-2H3,(H,24,25). The first kappa shape index (κ1) is 20.7. The van der Waals surface area contributed by atoms with Crippen molar-refractivity contribution >= 4 is 23.4 Å². The number of anilines is 1. The molecule has 1 amide bonds. The Morgan fingerprint density at radius 3 is 2.89 bits per heavy atom. The predicted octanol–water partition coefficient (Wildman–Crippen LogP) is 4.78. The number of carbonyl (C=O) groups is 1. The lowest BCUT2D eigenvalue weighted by atomic mass is 10.2. The number of ether oxygens (including phenoxy) is 2. The molecule has 1 fully saturated rings. The van der Waals surface area contributed by atoms with Crippen molar-refractivity contribution in [2.75, 3.05) is 25.1 Å². The number of amides is 1. The fourth-order valence-electron chi connectivity index (χ4n) is 2.92. The van der Waals surface area contributed by atoms with E-state index >= 15 is 0 Å². The highest BCUT2D eigenvalue weighted by Crippen LogP contribution is 2.26. The highest BCUT2D eigenvalue weighted by molar-refractivity contribution is 7.99. The molecule has 1 aliphatic rings. The predicted molar refractivity (Wildman–Crippen MR) is 114 cm³/mol. The SMILES string of the molecule is CC(C)COc1ncccc1C(=O)Nc1cccc(CSC2CCOCC2)c1. The van der Waals surface area contributed by atoms with Gasteiger partial charge >= 0.3 is 0 Å². The van der Waals surface area contributed by atoms with E-state index in [0.717, 1.165) is 37.5 Å². The molecule has 1 N–H and O–H groups in total. The summed E-state index contributed by atoms with van der Waals surface area (Å²) in [5.41, 5.74) is 2.44. The minimum Gasteiger partial charge on any atom is -0.477 e. The minimum absolute atomic E-state index is 0.207. The Bertz CT molecular complexity index is 776. The summed E-state index contributed by atoms with van der Waals surface area (Å²) in [6.45, 7) is 6.37. The smallest absolute Gasteiger partial charge is 0.261 e. The third kappa shape index (κ3) is 6.24. The third-order valence-electron chi connectivity index (χ3n) is 4.41. The molecule has 28 heavy (non-hydrogen) atoms. The molecule has 0 radical (unpaired) electrons. The number of benzene rings is 1. The van der Waals surface area contributed by atoms with Gasteiger partial charge in [-0.15, -0.1) is 0 Å². The zero-order valence-electron chi connectivity index (χ0n) is 16.5. The van der Waals surface area contributed by atoms with E-state index in [1.165, 1.54) is 5.56 Å². The van der Waals surface area contributed by atoms with Gasteiger partial charge in [0.1, 0.15) is 5.56 Å². The first-order valence-corrected chi connectivity index (χ1v) is 10.8. The quantitative estimate of drug-likeness (QED) is 0.691. The maximum Gasteiger partial charge on any atom is 0.261 e. The Labute approximate surface area is 171 Å². The number of thioether (sulfide) groups is 1. The second-order valence-electron chi connectivity index (χ2n) is 7.34. The van der Waals surface area contributed by atoms with Crippen LogP contribution in [0.15, 0.2) is 42.6 Å². The average molecular weight is 401 g/mol. The molecule has 1 aliphatic heterocycles. The van der Waals surface area contributed by atoms with Gasteiger partial charge in [-0.2, -0.15) is 11.8 Å². The fraction of sp³-hybridized carbons (Fsp3) is 0.455. The number of pyridine rings is 1. The molecule has 3 rings (SSSR count). The molecule has 5 nitrogen and oxygen atoms in total. The van der Waals surface area contributed by atoms with Crippen LogP contribution in [-0.4, -0.2) is 36.0 Å². The molecular weight excluding hydrogens is 372 g/mol. The molecule has 1 aromatic heterocycles. The molecule has 0 bridgehead atoms. The summed E-state index contributed by atoms with van der Waals surface area (Å²) in [6.07, 6.45) is 3.86. The maximum atomic E-state index is 12.7. The molecule has 0 aliphatic carbocycles. The number of rotatable bonds is 8. The van der Waals surface area contributed by atoms with Gasteiger partial charge in [0, 0.05) is 36.1 Å². The summed E-state index contributed by atoms with van der Waals surface area (Å²) >= 11 is 1.96. The van der Waals surface area contributed by atoms with Crippen LogP contribution in [0.25, 0.3) is 0 Å². The van der Waals surface area contributed by atoms with E-state index in [2.05, 4.69) is 30.2 Å². The van der Waals surface area contributed by atoms with Crippen LogP contribution in [0.1, 0.15) is 42.6 Å². The van der Waals surface area contributed by atoms with E-state index in [1.807, 2.05) is 30.0 Å². The molecule has 6 heteroatoms. The highest BCUT2D eigenvalue weighted by Gasteiger charge is 2.16. The summed E-state index contributed by atoms with van der Waals surface area (Å²) in [6, 6.07) is 11.5. The lowest BCUT2D eigenvalue weighted by molar-refractivity contribution is 0.0999. The van der Waals surface area contributed by atoms with Crippen molar-refractivity contribution in [2.45, 2.75) is 37.7 Å². The van der Waals surface area contributed by atoms with Gasteiger partial charge in [-0.25, -0.2) is 4.98 Å². The van der Waals surface area contributed by atoms with Crippen molar-refractivity contribution in [2.24, 2.45) is 5.92 Å². The van der Waals surface area contributed by atoms with Crippen LogP contribution in [0, 0.1) is 5.92 Å². The zero-order valence-corrected chi connectivity index (χ0v) is 17.3. The van der Waals surface area contributed by atoms with Crippen LogP contribution in [0.3, 0.4) is 0 Å². The molecule has 0 unspecified atom stereocenters. The van der Waals surface area contributed by atoms with E-state index in [9.17, 15) is 4.79 Å². The van der Waals surface area contributed by atoms with Gasteiger partial charge in [0.15, 0.2) is 0 Å². The zero-order chi connectivity index (χ0) is 19.8. The van der Waals surface area contributed by atoms with Crippen LogP contribution < -0.4 is 10.1 Å². The van der Waals surface area contributed by atoms with Gasteiger partial charge in [-0.1, -0.05) is 26.0 Å². The Kier molecular flexibility index (Phi) is 7.74. The van der Waals surface area contributed by atoms with Crippen molar-refractivity contribution in [1.82, 2.24) is 4.98 Å². The lowest BCUT2D eigenvalue weighted by Gasteiger charge is -2.21. The summed E-state index contributed by atoms with van der Waals surface area (Å²) in [7, 11) is 0. The monoisotopic (exact) mass is 400 g/mol. The molecule has 1 aromatic carbocycles. The van der Waals surface area contributed by atoms with Gasteiger partial charge in [0.25, 0.3) is 5.91 Å². The Balaban J connectivity index is 1.61. The normalized spacial score (nSPS) is 14.8. The minimum atomic E-state index is -0.207. The molecule has 0 spiro atoms. The molecule has 0 atom stereocenters. The van der Waals surface area contributed by atoms with Crippen molar-refractivity contribution in [3.63, 3.8) is 0 Å². The summed E-state index contributed by atoms with van der Waals surface area (Å²) in [5.74, 6) is 1.47. The van der Waals surface area contributed by atoms with Crippen LogP contribution in [0.2, 0.25) is 0 Å². The Morgan fingerprint density at radius 1 is 1.29 bits per heavy atom. The van der Waals surface area contributed by atoms with Gasteiger partial charge in [-0.05, 0) is 48.6 Å². The Hall–Kier alpha value is -2.05. The summed E-state index contributed by atoms with van der Waals surface area (Å²) in [4.78, 5) is 17.0. The molecule has 150 valence electrons. The van der Waals surface area contributed by atoms with Crippen molar-refractivity contribution in [3.05, 3.63) is 53.7 Å². The van der Waals surface area contributed by atoms with E-state index in [-0.39, 0.29) is 5.91 Å². The molecule has 1 saturated heterocycles. The number of hydrogen-bond donors (Lipinski definition) is 1. The van der Waals surface area contributed by atoms with Crippen molar-refractivity contribution < 1.29 is 14.3 Å². The van der Waals surface area contributed by atoms with Gasteiger partial charge in [0.05, 0.1) is 6.61 Å². The van der Waals surface area contributed by atoms with Crippen molar-refractivity contribution in [1.29, 1.82) is 0 Å². The third-order valence-corrected chi connectivity index (χ3v) is 5.85. The first-order valence-electron chi connectivity index (χ1n) is 9.79. The average Bonchev–Trinajstić information content (AvgIpc) is 2.72. The molecule has 0 saturated carbocycles. The summed E-state index contributed by atoms with van der Waals surface area (Å²) in [5, 5.41) is 3.63. The number of nitrogens with one attached hydrogen (secondary N) is 1.